The number of halogens is 1. The molecule has 0 aromatic rings. The van der Waals surface area contributed by atoms with Gasteiger partial charge in [0.05, 0.1) is 12.1 Å². The van der Waals surface area contributed by atoms with E-state index in [4.69, 9.17) is 4.52 Å². The minimum atomic E-state index is -3.91. The summed E-state index contributed by atoms with van der Waals surface area (Å²) in [5, 5.41) is 12.4. The second-order valence-corrected chi connectivity index (χ2v) is 14.2. The number of carbonyl (C=O) groups is 3. The summed E-state index contributed by atoms with van der Waals surface area (Å²) in [5.74, 6) is 1.17. The van der Waals surface area contributed by atoms with Crippen molar-refractivity contribution in [2.45, 2.75) is 121 Å². The SMILES string of the molecule is CCO[PH](O)(F)CCCCCCCCCC(=O)NCCCCCNC(=O)CCCCC1SCC2NC(=O)NC21. The van der Waals surface area contributed by atoms with Crippen molar-refractivity contribution in [2.75, 3.05) is 31.6 Å². The predicted octanol–water partition coefficient (Wildman–Crippen LogP) is 4.73. The molecule has 3 unspecified atom stereocenters. The van der Waals surface area contributed by atoms with Crippen LogP contribution in [0.4, 0.5) is 8.99 Å². The fourth-order valence-corrected chi connectivity index (χ4v) is 7.96. The van der Waals surface area contributed by atoms with Gasteiger partial charge in [-0.1, -0.05) is 6.42 Å². The Balaban J connectivity index is 1.30. The van der Waals surface area contributed by atoms with E-state index in [1.807, 2.05) is 11.8 Å². The van der Waals surface area contributed by atoms with Crippen LogP contribution in [0.1, 0.15) is 103 Å². The number of urea groups is 1. The molecule has 0 spiro atoms. The summed E-state index contributed by atoms with van der Waals surface area (Å²) in [6, 6.07) is 0.432. The number of carbonyl (C=O) groups excluding carboxylic acids is 3. The first-order valence-corrected chi connectivity index (χ1v) is 18.1. The molecule has 228 valence electrons. The fraction of sp³-hybridized carbons (Fsp3) is 0.889. The van der Waals surface area contributed by atoms with Crippen molar-refractivity contribution in [2.24, 2.45) is 0 Å². The number of amides is 4. The van der Waals surface area contributed by atoms with Crippen LogP contribution in [-0.2, 0) is 14.1 Å². The molecule has 2 heterocycles. The van der Waals surface area contributed by atoms with E-state index in [1.54, 1.807) is 6.92 Å². The third kappa shape index (κ3) is 15.4. The third-order valence-electron chi connectivity index (χ3n) is 7.33. The molecule has 2 aliphatic rings. The molecule has 0 aromatic heterocycles. The Labute approximate surface area is 238 Å². The quantitative estimate of drug-likeness (QED) is 0.0661. The zero-order valence-corrected chi connectivity index (χ0v) is 25.6. The number of thioether (sulfide) groups is 1. The number of hydrogen-bond donors (Lipinski definition) is 5. The van der Waals surface area contributed by atoms with Gasteiger partial charge < -0.3 is 16.0 Å². The molecule has 9 nitrogen and oxygen atoms in total. The molecule has 2 rings (SSSR count). The van der Waals surface area contributed by atoms with Crippen molar-refractivity contribution < 1.29 is 28.0 Å². The summed E-state index contributed by atoms with van der Waals surface area (Å²) < 4.78 is 18.3. The minimum Gasteiger partial charge on any atom is -0.356 e. The van der Waals surface area contributed by atoms with Gasteiger partial charge in [-0.25, -0.2) is 4.79 Å². The molecule has 2 fully saturated rings. The fourth-order valence-electron chi connectivity index (χ4n) is 5.14. The van der Waals surface area contributed by atoms with Crippen molar-refractivity contribution in [1.82, 2.24) is 21.3 Å². The second-order valence-electron chi connectivity index (χ2n) is 10.7. The maximum absolute atomic E-state index is 13.6. The van der Waals surface area contributed by atoms with Crippen molar-refractivity contribution in [3.8, 4) is 0 Å². The Bertz CT molecular complexity index is 736. The van der Waals surface area contributed by atoms with Crippen LogP contribution in [0.15, 0.2) is 0 Å². The normalized spacial score (nSPS) is 20.8. The zero-order chi connectivity index (χ0) is 28.3. The van der Waals surface area contributed by atoms with Crippen molar-refractivity contribution in [1.29, 1.82) is 0 Å². The van der Waals surface area contributed by atoms with Crippen LogP contribution in [0, 0.1) is 0 Å². The molecule has 0 bridgehead atoms. The molecule has 0 aromatic carbocycles. The summed E-state index contributed by atoms with van der Waals surface area (Å²) >= 11 is 1.91. The van der Waals surface area contributed by atoms with E-state index in [0.717, 1.165) is 82.8 Å². The molecule has 0 aliphatic carbocycles. The van der Waals surface area contributed by atoms with E-state index in [0.29, 0.717) is 37.6 Å². The van der Waals surface area contributed by atoms with Gasteiger partial charge in [-0.2, -0.15) is 11.8 Å². The standard InChI is InChI=1S/C27H52FN4O5PS/c1-2-37-38(28,36)20-14-7-5-3-4-6-9-16-24(33)29-18-12-8-13-19-30-25(34)17-11-10-15-23-26-22(21-39-23)31-27(35)32-26/h22-23,26,36,38H,2-21H2,1H3,(H,29,33)(H,30,34)(H2,31,32,35). The molecule has 2 saturated heterocycles. The van der Waals surface area contributed by atoms with Crippen LogP contribution in [0.25, 0.3) is 0 Å². The Morgan fingerprint density at radius 2 is 1.49 bits per heavy atom. The summed E-state index contributed by atoms with van der Waals surface area (Å²) in [7, 11) is -3.91. The van der Waals surface area contributed by atoms with E-state index >= 15 is 0 Å². The molecular formula is C27H52FN4O5PS. The van der Waals surface area contributed by atoms with E-state index < -0.39 is 8.03 Å². The first kappa shape index (κ1) is 34.0. The average molecular weight is 595 g/mol. The van der Waals surface area contributed by atoms with Gasteiger partial charge >= 0.3 is 121 Å². The van der Waals surface area contributed by atoms with Gasteiger partial charge in [-0.3, -0.25) is 4.79 Å². The van der Waals surface area contributed by atoms with Crippen molar-refractivity contribution in [3.05, 3.63) is 0 Å². The second kappa shape index (κ2) is 19.8. The van der Waals surface area contributed by atoms with Crippen LogP contribution in [0.3, 0.4) is 0 Å². The van der Waals surface area contributed by atoms with Crippen LogP contribution >= 0.6 is 19.8 Å². The van der Waals surface area contributed by atoms with Crippen LogP contribution < -0.4 is 21.3 Å². The maximum atomic E-state index is 13.6. The van der Waals surface area contributed by atoms with Crippen molar-refractivity contribution in [3.63, 3.8) is 0 Å². The molecule has 39 heavy (non-hydrogen) atoms. The Morgan fingerprint density at radius 1 is 0.923 bits per heavy atom. The van der Waals surface area contributed by atoms with E-state index in [9.17, 15) is 23.5 Å². The first-order chi connectivity index (χ1) is 18.8. The number of rotatable bonds is 23. The van der Waals surface area contributed by atoms with Gasteiger partial charge in [0.1, 0.15) is 0 Å². The van der Waals surface area contributed by atoms with Crippen LogP contribution in [0.5, 0.6) is 0 Å². The summed E-state index contributed by atoms with van der Waals surface area (Å²) in [5.41, 5.74) is 0. The van der Waals surface area contributed by atoms with Gasteiger partial charge in [0.15, 0.2) is 0 Å². The van der Waals surface area contributed by atoms with Crippen LogP contribution in [0.2, 0.25) is 0 Å². The Kier molecular flexibility index (Phi) is 17.3. The number of hydrogen-bond acceptors (Lipinski definition) is 6. The van der Waals surface area contributed by atoms with Crippen LogP contribution in [-0.4, -0.2) is 71.7 Å². The molecule has 3 atom stereocenters. The summed E-state index contributed by atoms with van der Waals surface area (Å²) in [4.78, 5) is 44.9. The molecule has 0 radical (unpaired) electrons. The van der Waals surface area contributed by atoms with Gasteiger partial charge in [0.2, 0.25) is 5.91 Å². The zero-order valence-electron chi connectivity index (χ0n) is 23.7. The molecule has 0 saturated carbocycles. The molecular weight excluding hydrogens is 542 g/mol. The molecule has 12 heteroatoms. The smallest absolute Gasteiger partial charge is 0.356 e. The summed E-state index contributed by atoms with van der Waals surface area (Å²) in [6.45, 7) is 3.26. The van der Waals surface area contributed by atoms with Gasteiger partial charge in [0.25, 0.3) is 0 Å². The third-order valence-corrected chi connectivity index (χ3v) is 10.5. The molecule has 4 amide bonds. The predicted molar refractivity (Wildman–Crippen MR) is 159 cm³/mol. The van der Waals surface area contributed by atoms with Gasteiger partial charge in [-0.15, -0.1) is 0 Å². The van der Waals surface area contributed by atoms with Crippen molar-refractivity contribution >= 4 is 37.6 Å². The number of unbranched alkanes of at least 4 members (excludes halogenated alkanes) is 9. The van der Waals surface area contributed by atoms with E-state index in [-0.39, 0.29) is 42.7 Å². The first-order valence-electron chi connectivity index (χ1n) is 15.1. The topological polar surface area (TPSA) is 129 Å². The number of nitrogens with one attached hydrogen (secondary N) is 4. The molecule has 2 aliphatic heterocycles. The monoisotopic (exact) mass is 594 g/mol. The van der Waals surface area contributed by atoms with Gasteiger partial charge in [-0.05, 0) is 32.1 Å². The van der Waals surface area contributed by atoms with Gasteiger partial charge in [0, 0.05) is 24.0 Å². The summed E-state index contributed by atoms with van der Waals surface area (Å²) in [6.07, 6.45) is 13.6. The van der Waals surface area contributed by atoms with E-state index in [1.165, 1.54) is 0 Å². The van der Waals surface area contributed by atoms with E-state index in [2.05, 4.69) is 21.3 Å². The Hall–Kier alpha value is -1.16. The average Bonchev–Trinajstić information content (AvgIpc) is 3.44. The minimum absolute atomic E-state index is 0.0552. The molecule has 5 N–H and O–H groups in total. The number of fused-ring (bicyclic) bond motifs is 1. The Morgan fingerprint density at radius 3 is 2.13 bits per heavy atom.